The predicted molar refractivity (Wildman–Crippen MR) is 81.5 cm³/mol. The average Bonchev–Trinajstić information content (AvgIpc) is 2.53. The fourth-order valence-electron chi connectivity index (χ4n) is 1.74. The minimum atomic E-state index is 0.436. The number of rotatable bonds is 4. The van der Waals surface area contributed by atoms with E-state index >= 15 is 0 Å². The van der Waals surface area contributed by atoms with E-state index in [4.69, 9.17) is 5.73 Å². The van der Waals surface area contributed by atoms with Crippen LogP contribution >= 0.6 is 0 Å². The van der Waals surface area contributed by atoms with Crippen molar-refractivity contribution < 1.29 is 0 Å². The Balaban J connectivity index is 1.85. The smallest absolute Gasteiger partial charge is 0.159 e. The first-order valence-corrected chi connectivity index (χ1v) is 6.27. The predicted octanol–water partition coefficient (Wildman–Crippen LogP) is 2.34. The van der Waals surface area contributed by atoms with Gasteiger partial charge in [-0.2, -0.15) is 0 Å². The van der Waals surface area contributed by atoms with Gasteiger partial charge in [0.25, 0.3) is 0 Å². The molecule has 0 aromatic carbocycles. The zero-order chi connectivity index (χ0) is 14.5. The van der Waals surface area contributed by atoms with Crippen LogP contribution in [0.3, 0.4) is 0 Å². The molecule has 0 amide bonds. The molecule has 3 aromatic rings. The van der Waals surface area contributed by atoms with Gasteiger partial charge < -0.3 is 16.4 Å². The molecule has 7 nitrogen and oxygen atoms in total. The van der Waals surface area contributed by atoms with Crippen molar-refractivity contribution in [1.82, 2.24) is 19.9 Å². The second kappa shape index (κ2) is 5.83. The first-order chi connectivity index (χ1) is 10.3. The van der Waals surface area contributed by atoms with Gasteiger partial charge in [-0.05, 0) is 24.3 Å². The van der Waals surface area contributed by atoms with Gasteiger partial charge in [0, 0.05) is 36.2 Å². The van der Waals surface area contributed by atoms with E-state index < -0.39 is 0 Å². The van der Waals surface area contributed by atoms with Crippen LogP contribution < -0.4 is 16.4 Å². The van der Waals surface area contributed by atoms with E-state index in [1.807, 2.05) is 24.3 Å². The van der Waals surface area contributed by atoms with Crippen LogP contribution in [0.15, 0.2) is 55.4 Å². The SMILES string of the molecule is Nc1c(Nc2ccncc2)ncnc1Nc1ccncc1. The monoisotopic (exact) mass is 279 g/mol. The number of nitrogen functional groups attached to an aromatic ring is 1. The maximum absolute atomic E-state index is 6.10. The molecule has 4 N–H and O–H groups in total. The fraction of sp³-hybridized carbons (Fsp3) is 0. The Bertz CT molecular complexity index is 656. The van der Waals surface area contributed by atoms with Gasteiger partial charge in [-0.3, -0.25) is 9.97 Å². The molecule has 0 fully saturated rings. The van der Waals surface area contributed by atoms with Crippen molar-refractivity contribution in [2.75, 3.05) is 16.4 Å². The van der Waals surface area contributed by atoms with Crippen molar-refractivity contribution in [3.05, 3.63) is 55.4 Å². The maximum atomic E-state index is 6.10. The van der Waals surface area contributed by atoms with Crippen LogP contribution in [0.25, 0.3) is 0 Å². The second-order valence-electron chi connectivity index (χ2n) is 4.21. The zero-order valence-electron chi connectivity index (χ0n) is 11.1. The molecule has 3 rings (SSSR count). The molecule has 0 radical (unpaired) electrons. The Morgan fingerprint density at radius 2 is 1.14 bits per heavy atom. The number of nitrogens with two attached hydrogens (primary N) is 1. The van der Waals surface area contributed by atoms with E-state index in [0.717, 1.165) is 11.4 Å². The lowest BCUT2D eigenvalue weighted by Crippen LogP contribution is -2.05. The van der Waals surface area contributed by atoms with E-state index in [1.165, 1.54) is 6.33 Å². The van der Waals surface area contributed by atoms with Crippen molar-refractivity contribution in [3.63, 3.8) is 0 Å². The lowest BCUT2D eigenvalue weighted by molar-refractivity contribution is 1.17. The molecule has 21 heavy (non-hydrogen) atoms. The summed E-state index contributed by atoms with van der Waals surface area (Å²) < 4.78 is 0. The highest BCUT2D eigenvalue weighted by Gasteiger charge is 2.08. The minimum Gasteiger partial charge on any atom is -0.393 e. The molecule has 0 aliphatic carbocycles. The van der Waals surface area contributed by atoms with Gasteiger partial charge in [0.1, 0.15) is 12.0 Å². The van der Waals surface area contributed by atoms with E-state index in [2.05, 4.69) is 30.6 Å². The molecule has 0 saturated heterocycles. The number of anilines is 5. The van der Waals surface area contributed by atoms with Gasteiger partial charge in [-0.25, -0.2) is 9.97 Å². The zero-order valence-corrected chi connectivity index (χ0v) is 11.1. The number of nitrogens with zero attached hydrogens (tertiary/aromatic N) is 4. The molecular weight excluding hydrogens is 266 g/mol. The third-order valence-electron chi connectivity index (χ3n) is 2.77. The Kier molecular flexibility index (Phi) is 3.55. The molecule has 0 aliphatic rings. The van der Waals surface area contributed by atoms with Crippen LogP contribution in [0.5, 0.6) is 0 Å². The quantitative estimate of drug-likeness (QED) is 0.673. The molecule has 0 spiro atoms. The maximum Gasteiger partial charge on any atom is 0.159 e. The van der Waals surface area contributed by atoms with Crippen LogP contribution in [-0.4, -0.2) is 19.9 Å². The number of pyridine rings is 2. The van der Waals surface area contributed by atoms with Crippen LogP contribution in [0.1, 0.15) is 0 Å². The Morgan fingerprint density at radius 3 is 1.57 bits per heavy atom. The van der Waals surface area contributed by atoms with Gasteiger partial charge in [0.15, 0.2) is 11.6 Å². The molecule has 7 heteroatoms. The van der Waals surface area contributed by atoms with Crippen molar-refractivity contribution in [2.24, 2.45) is 0 Å². The molecule has 0 aliphatic heterocycles. The normalized spacial score (nSPS) is 10.1. The third kappa shape index (κ3) is 3.03. The highest BCUT2D eigenvalue weighted by atomic mass is 15.1. The number of nitrogens with one attached hydrogen (secondary N) is 2. The molecule has 0 bridgehead atoms. The molecule has 3 heterocycles. The summed E-state index contributed by atoms with van der Waals surface area (Å²) in [6, 6.07) is 7.32. The van der Waals surface area contributed by atoms with Crippen molar-refractivity contribution in [1.29, 1.82) is 0 Å². The molecule has 0 atom stereocenters. The molecule has 3 aromatic heterocycles. The summed E-state index contributed by atoms with van der Waals surface area (Å²) in [4.78, 5) is 16.2. The number of aromatic nitrogens is 4. The summed E-state index contributed by atoms with van der Waals surface area (Å²) in [6.45, 7) is 0. The van der Waals surface area contributed by atoms with Crippen LogP contribution in [0, 0.1) is 0 Å². The molecule has 0 saturated carbocycles. The summed E-state index contributed by atoms with van der Waals surface area (Å²) >= 11 is 0. The highest BCUT2D eigenvalue weighted by molar-refractivity contribution is 5.79. The van der Waals surface area contributed by atoms with E-state index in [-0.39, 0.29) is 0 Å². The lowest BCUT2D eigenvalue weighted by atomic mass is 10.3. The summed E-state index contributed by atoms with van der Waals surface area (Å²) in [5, 5.41) is 6.26. The summed E-state index contributed by atoms with van der Waals surface area (Å²) in [7, 11) is 0. The minimum absolute atomic E-state index is 0.436. The highest BCUT2D eigenvalue weighted by Crippen LogP contribution is 2.27. The largest absolute Gasteiger partial charge is 0.393 e. The van der Waals surface area contributed by atoms with E-state index in [0.29, 0.717) is 17.3 Å². The van der Waals surface area contributed by atoms with Crippen molar-refractivity contribution in [3.8, 4) is 0 Å². The van der Waals surface area contributed by atoms with Crippen molar-refractivity contribution in [2.45, 2.75) is 0 Å². The topological polar surface area (TPSA) is 102 Å². The van der Waals surface area contributed by atoms with Gasteiger partial charge in [0.05, 0.1) is 0 Å². The van der Waals surface area contributed by atoms with Gasteiger partial charge in [-0.15, -0.1) is 0 Å². The molecule has 104 valence electrons. The number of hydrogen-bond acceptors (Lipinski definition) is 7. The van der Waals surface area contributed by atoms with Crippen LogP contribution in [-0.2, 0) is 0 Å². The Morgan fingerprint density at radius 1 is 0.714 bits per heavy atom. The molecule has 0 unspecified atom stereocenters. The standard InChI is InChI=1S/C14H13N7/c15-12-13(20-10-1-5-16-6-2-10)18-9-19-14(12)21-11-3-7-17-8-4-11/h1-9H,15H2,(H2,16,17,18,19,20,21). The fourth-order valence-corrected chi connectivity index (χ4v) is 1.74. The summed E-state index contributed by atoms with van der Waals surface area (Å²) in [5.41, 5.74) is 8.24. The first-order valence-electron chi connectivity index (χ1n) is 6.27. The summed E-state index contributed by atoms with van der Waals surface area (Å²) in [5.74, 6) is 1.07. The summed E-state index contributed by atoms with van der Waals surface area (Å²) in [6.07, 6.45) is 8.21. The second-order valence-corrected chi connectivity index (χ2v) is 4.21. The number of hydrogen-bond donors (Lipinski definition) is 3. The third-order valence-corrected chi connectivity index (χ3v) is 2.77. The lowest BCUT2D eigenvalue weighted by Gasteiger charge is -2.12. The average molecular weight is 279 g/mol. The van der Waals surface area contributed by atoms with Gasteiger partial charge in [-0.1, -0.05) is 0 Å². The van der Waals surface area contributed by atoms with Gasteiger partial charge in [0.2, 0.25) is 0 Å². The van der Waals surface area contributed by atoms with Crippen LogP contribution in [0.2, 0.25) is 0 Å². The van der Waals surface area contributed by atoms with Crippen molar-refractivity contribution >= 4 is 28.7 Å². The van der Waals surface area contributed by atoms with E-state index in [1.54, 1.807) is 24.8 Å². The molecular formula is C14H13N7. The first kappa shape index (κ1) is 12.8. The van der Waals surface area contributed by atoms with Crippen LogP contribution in [0.4, 0.5) is 28.7 Å². The van der Waals surface area contributed by atoms with Gasteiger partial charge >= 0.3 is 0 Å². The Labute approximate surface area is 121 Å². The van der Waals surface area contributed by atoms with E-state index in [9.17, 15) is 0 Å². The Hall–Kier alpha value is -3.22.